The molecule has 0 saturated heterocycles. The molecule has 0 spiro atoms. The number of anilines is 1. The molecule has 7 heteroatoms. The van der Waals surface area contributed by atoms with Crippen molar-refractivity contribution in [2.45, 2.75) is 32.2 Å². The molecule has 1 heterocycles. The standard InChI is InChI=1S/C24H25NO4.2H2O/c26-21-12-6-2-5-11-19-15-20(25-17-18-9-3-1-4-10-18)16-22(27)23(19)24(28)29-14-8-7-13-21;;/h1,3-5,7,9-11,13,15-16,25,27H,2,6,8,12,14,17H2;2*1H2/b11-5+,13-7-;;. The number of fused-ring (bicyclic) bond motifs is 1. The Hall–Kier alpha value is -3.42. The Labute approximate surface area is 181 Å². The van der Waals surface area contributed by atoms with E-state index < -0.39 is 5.97 Å². The third-order valence-electron chi connectivity index (χ3n) is 4.60. The second-order valence-electron chi connectivity index (χ2n) is 6.89. The maximum Gasteiger partial charge on any atom is 0.342 e. The summed E-state index contributed by atoms with van der Waals surface area (Å²) in [6, 6.07) is 13.3. The van der Waals surface area contributed by atoms with Crippen molar-refractivity contribution < 1.29 is 30.4 Å². The van der Waals surface area contributed by atoms with E-state index in [1.807, 2.05) is 42.5 Å². The largest absolute Gasteiger partial charge is 0.507 e. The molecule has 3 rings (SSSR count). The van der Waals surface area contributed by atoms with Gasteiger partial charge in [-0.3, -0.25) is 4.79 Å². The van der Waals surface area contributed by atoms with Crippen LogP contribution in [0, 0.1) is 0 Å². The summed E-state index contributed by atoms with van der Waals surface area (Å²) < 4.78 is 5.28. The first-order valence-electron chi connectivity index (χ1n) is 9.81. The van der Waals surface area contributed by atoms with Gasteiger partial charge < -0.3 is 26.1 Å². The summed E-state index contributed by atoms with van der Waals surface area (Å²) in [7, 11) is 0. The fourth-order valence-electron chi connectivity index (χ4n) is 3.10. The number of rotatable bonds is 3. The number of carbonyl (C=O) groups is 2. The molecule has 1 aliphatic heterocycles. The Morgan fingerprint density at radius 3 is 2.48 bits per heavy atom. The van der Waals surface area contributed by atoms with E-state index in [4.69, 9.17) is 4.74 Å². The van der Waals surface area contributed by atoms with Gasteiger partial charge >= 0.3 is 5.97 Å². The number of benzene rings is 2. The van der Waals surface area contributed by atoms with Crippen LogP contribution in [0.5, 0.6) is 5.75 Å². The van der Waals surface area contributed by atoms with Crippen LogP contribution in [0.4, 0.5) is 5.69 Å². The number of ether oxygens (including phenoxy) is 1. The van der Waals surface area contributed by atoms with Crippen molar-refractivity contribution in [2.24, 2.45) is 0 Å². The lowest BCUT2D eigenvalue weighted by Crippen LogP contribution is -2.09. The van der Waals surface area contributed by atoms with Crippen LogP contribution in [0.3, 0.4) is 0 Å². The normalized spacial score (nSPS) is 16.4. The molecule has 31 heavy (non-hydrogen) atoms. The molecule has 0 amide bonds. The number of phenolic OH excluding ortho intramolecular Hbond substituents is 1. The van der Waals surface area contributed by atoms with Crippen molar-refractivity contribution >= 4 is 23.5 Å². The molecule has 0 unspecified atom stereocenters. The summed E-state index contributed by atoms with van der Waals surface area (Å²) in [6.45, 7) is 0.751. The predicted octanol–water partition coefficient (Wildman–Crippen LogP) is 3.22. The molecule has 0 bridgehead atoms. The van der Waals surface area contributed by atoms with Gasteiger partial charge in [0.25, 0.3) is 0 Å². The highest BCUT2D eigenvalue weighted by Gasteiger charge is 2.18. The molecule has 166 valence electrons. The van der Waals surface area contributed by atoms with Crippen LogP contribution in [-0.2, 0) is 16.1 Å². The zero-order valence-corrected chi connectivity index (χ0v) is 17.3. The summed E-state index contributed by atoms with van der Waals surface area (Å²) >= 11 is 0. The van der Waals surface area contributed by atoms with Crippen LogP contribution in [-0.4, -0.2) is 34.4 Å². The van der Waals surface area contributed by atoms with Crippen LogP contribution in [0.25, 0.3) is 6.08 Å². The maximum atomic E-state index is 12.5. The summed E-state index contributed by atoms with van der Waals surface area (Å²) in [5.41, 5.74) is 2.56. The molecular formula is C24H29NO6. The summed E-state index contributed by atoms with van der Waals surface area (Å²) in [6.07, 6.45) is 9.35. The molecule has 1 aliphatic rings. The Kier molecular flexibility index (Phi) is 10.7. The predicted molar refractivity (Wildman–Crippen MR) is 121 cm³/mol. The number of hydrogen-bond acceptors (Lipinski definition) is 5. The summed E-state index contributed by atoms with van der Waals surface area (Å²) in [4.78, 5) is 24.3. The van der Waals surface area contributed by atoms with Gasteiger partial charge in [-0.25, -0.2) is 4.79 Å². The van der Waals surface area contributed by atoms with Gasteiger partial charge in [-0.05, 0) is 42.5 Å². The van der Waals surface area contributed by atoms with Crippen molar-refractivity contribution in [1.29, 1.82) is 0 Å². The number of carbonyl (C=O) groups excluding carboxylic acids is 2. The number of aromatic hydroxyl groups is 1. The average molecular weight is 427 g/mol. The van der Waals surface area contributed by atoms with Gasteiger partial charge in [0.05, 0.1) is 6.61 Å². The molecule has 0 fully saturated rings. The van der Waals surface area contributed by atoms with E-state index in [1.165, 1.54) is 0 Å². The lowest BCUT2D eigenvalue weighted by atomic mass is 10.0. The van der Waals surface area contributed by atoms with Gasteiger partial charge in [0.2, 0.25) is 0 Å². The highest BCUT2D eigenvalue weighted by atomic mass is 16.5. The Morgan fingerprint density at radius 1 is 0.968 bits per heavy atom. The first-order chi connectivity index (χ1) is 14.1. The Bertz CT molecular complexity index is 921. The monoisotopic (exact) mass is 427 g/mol. The molecular weight excluding hydrogens is 398 g/mol. The van der Waals surface area contributed by atoms with E-state index in [-0.39, 0.29) is 34.7 Å². The Morgan fingerprint density at radius 2 is 1.71 bits per heavy atom. The van der Waals surface area contributed by atoms with Crippen LogP contribution < -0.4 is 5.32 Å². The van der Waals surface area contributed by atoms with E-state index >= 15 is 0 Å². The first kappa shape index (κ1) is 25.6. The topological polar surface area (TPSA) is 139 Å². The minimum Gasteiger partial charge on any atom is -0.507 e. The maximum absolute atomic E-state index is 12.5. The van der Waals surface area contributed by atoms with Crippen molar-refractivity contribution in [2.75, 3.05) is 11.9 Å². The fourth-order valence-corrected chi connectivity index (χ4v) is 3.10. The third kappa shape index (κ3) is 7.73. The minimum absolute atomic E-state index is 0. The molecule has 0 atom stereocenters. The highest BCUT2D eigenvalue weighted by molar-refractivity contribution is 5.97. The van der Waals surface area contributed by atoms with Gasteiger partial charge in [0.1, 0.15) is 11.3 Å². The van der Waals surface area contributed by atoms with Crippen LogP contribution >= 0.6 is 0 Å². The van der Waals surface area contributed by atoms with E-state index in [0.717, 1.165) is 12.0 Å². The van der Waals surface area contributed by atoms with Crippen molar-refractivity contribution in [3.8, 4) is 5.75 Å². The van der Waals surface area contributed by atoms with E-state index in [9.17, 15) is 14.7 Å². The molecule has 7 nitrogen and oxygen atoms in total. The quantitative estimate of drug-likeness (QED) is 0.724. The average Bonchev–Trinajstić information content (AvgIpc) is 2.71. The Balaban J connectivity index is 0.00000240. The van der Waals surface area contributed by atoms with Crippen molar-refractivity contribution in [3.05, 3.63) is 77.4 Å². The van der Waals surface area contributed by atoms with E-state index in [2.05, 4.69) is 5.32 Å². The number of allylic oxidation sites excluding steroid dienone is 2. The summed E-state index contributed by atoms with van der Waals surface area (Å²) in [5, 5.41) is 13.8. The number of nitrogens with one attached hydrogen (secondary N) is 1. The van der Waals surface area contributed by atoms with Gasteiger partial charge in [-0.2, -0.15) is 0 Å². The van der Waals surface area contributed by atoms with Crippen molar-refractivity contribution in [1.82, 2.24) is 0 Å². The van der Waals surface area contributed by atoms with Crippen molar-refractivity contribution in [3.63, 3.8) is 0 Å². The van der Waals surface area contributed by atoms with Gasteiger partial charge in [0, 0.05) is 24.7 Å². The van der Waals surface area contributed by atoms with Gasteiger partial charge in [-0.1, -0.05) is 48.6 Å². The molecule has 0 aromatic heterocycles. The number of phenols is 1. The SMILES string of the molecule is O.O.O=C1/C=C\CCOC(=O)c2c(O)cc(NCc3ccccc3)cc2/C=C/CCC1. The number of ketones is 1. The van der Waals surface area contributed by atoms with Crippen LogP contribution in [0.1, 0.15) is 47.2 Å². The van der Waals surface area contributed by atoms with E-state index in [1.54, 1.807) is 24.3 Å². The molecule has 2 aromatic carbocycles. The fraction of sp³-hybridized carbons (Fsp3) is 0.250. The smallest absolute Gasteiger partial charge is 0.342 e. The van der Waals surface area contributed by atoms with Crippen LogP contribution in [0.15, 0.2) is 60.7 Å². The first-order valence-corrected chi connectivity index (χ1v) is 9.81. The number of cyclic esters (lactones) is 1. The van der Waals surface area contributed by atoms with Gasteiger partial charge in [-0.15, -0.1) is 0 Å². The van der Waals surface area contributed by atoms with Gasteiger partial charge in [0.15, 0.2) is 5.78 Å². The lowest BCUT2D eigenvalue weighted by Gasteiger charge is -2.13. The molecule has 0 aliphatic carbocycles. The zero-order chi connectivity index (χ0) is 20.5. The third-order valence-corrected chi connectivity index (χ3v) is 4.60. The number of hydrogen-bond donors (Lipinski definition) is 2. The zero-order valence-electron chi connectivity index (χ0n) is 17.3. The minimum atomic E-state index is -0.575. The van der Waals surface area contributed by atoms with Crippen LogP contribution in [0.2, 0.25) is 0 Å². The lowest BCUT2D eigenvalue weighted by molar-refractivity contribution is -0.114. The molecule has 0 radical (unpaired) electrons. The molecule has 0 saturated carbocycles. The molecule has 6 N–H and O–H groups in total. The second-order valence-corrected chi connectivity index (χ2v) is 6.89. The van der Waals surface area contributed by atoms with E-state index in [0.29, 0.717) is 37.1 Å². The second kappa shape index (κ2) is 13.0. The number of esters is 1. The molecule has 2 aromatic rings. The highest BCUT2D eigenvalue weighted by Crippen LogP contribution is 2.29. The summed E-state index contributed by atoms with van der Waals surface area (Å²) in [5.74, 6) is -0.619.